The number of benzene rings is 3. The molecular formula is C29H36O7SSi. The molecule has 0 saturated carbocycles. The molecule has 204 valence electrons. The van der Waals surface area contributed by atoms with E-state index in [9.17, 15) is 18.6 Å². The SMILES string of the molecule is Cc1ccc(S(=O)(=O)O[C@@H]2[C@H](CO[Si](c3ccccc3)(c3ccccc3)C(C)(C)C)OC(O)[C@]2(C)O)cc1. The molecule has 1 unspecified atom stereocenters. The van der Waals surface area contributed by atoms with Crippen LogP contribution >= 0.6 is 0 Å². The van der Waals surface area contributed by atoms with E-state index in [1.54, 1.807) is 12.1 Å². The van der Waals surface area contributed by atoms with E-state index in [1.807, 2.05) is 67.6 Å². The van der Waals surface area contributed by atoms with Crippen LogP contribution in [0.3, 0.4) is 0 Å². The summed E-state index contributed by atoms with van der Waals surface area (Å²) < 4.78 is 44.4. The van der Waals surface area contributed by atoms with Crippen molar-refractivity contribution in [2.75, 3.05) is 6.61 Å². The van der Waals surface area contributed by atoms with Crippen molar-refractivity contribution in [3.63, 3.8) is 0 Å². The summed E-state index contributed by atoms with van der Waals surface area (Å²) in [7, 11) is -7.26. The van der Waals surface area contributed by atoms with E-state index in [-0.39, 0.29) is 16.5 Å². The van der Waals surface area contributed by atoms with Gasteiger partial charge < -0.3 is 19.4 Å². The minimum Gasteiger partial charge on any atom is -0.405 e. The first-order valence-corrected chi connectivity index (χ1v) is 15.9. The van der Waals surface area contributed by atoms with Crippen molar-refractivity contribution in [3.8, 4) is 0 Å². The maximum absolute atomic E-state index is 13.1. The molecule has 0 amide bonds. The molecule has 1 fully saturated rings. The minimum atomic E-state index is -4.27. The summed E-state index contributed by atoms with van der Waals surface area (Å²) in [6.07, 6.45) is -4.11. The fraction of sp³-hybridized carbons (Fsp3) is 0.379. The second-order valence-corrected chi connectivity index (χ2v) is 16.9. The van der Waals surface area contributed by atoms with Crippen molar-refractivity contribution in [1.82, 2.24) is 0 Å². The van der Waals surface area contributed by atoms with Gasteiger partial charge in [0.05, 0.1) is 11.5 Å². The fourth-order valence-electron chi connectivity index (χ4n) is 5.04. The Hall–Kier alpha value is -2.37. The number of hydrogen-bond donors (Lipinski definition) is 2. The first-order chi connectivity index (χ1) is 17.8. The quantitative estimate of drug-likeness (QED) is 0.325. The van der Waals surface area contributed by atoms with Gasteiger partial charge in [-0.15, -0.1) is 0 Å². The third-order valence-electron chi connectivity index (χ3n) is 7.14. The Morgan fingerprint density at radius 2 is 1.42 bits per heavy atom. The van der Waals surface area contributed by atoms with E-state index in [2.05, 4.69) is 20.8 Å². The summed E-state index contributed by atoms with van der Waals surface area (Å²) in [5.74, 6) is 0. The van der Waals surface area contributed by atoms with Crippen molar-refractivity contribution in [2.45, 2.75) is 68.7 Å². The average Bonchev–Trinajstić information content (AvgIpc) is 3.07. The topological polar surface area (TPSA) is 102 Å². The zero-order chi connectivity index (χ0) is 27.8. The monoisotopic (exact) mass is 556 g/mol. The molecule has 38 heavy (non-hydrogen) atoms. The van der Waals surface area contributed by atoms with Crippen molar-refractivity contribution >= 4 is 28.8 Å². The Labute approximate surface area is 226 Å². The smallest absolute Gasteiger partial charge is 0.297 e. The van der Waals surface area contributed by atoms with Gasteiger partial charge in [0.15, 0.2) is 6.29 Å². The predicted octanol–water partition coefficient (Wildman–Crippen LogP) is 3.11. The third kappa shape index (κ3) is 5.37. The molecule has 4 rings (SSSR count). The number of aliphatic hydroxyl groups excluding tert-OH is 1. The van der Waals surface area contributed by atoms with Gasteiger partial charge in [-0.05, 0) is 41.4 Å². The highest BCUT2D eigenvalue weighted by Gasteiger charge is 2.57. The lowest BCUT2D eigenvalue weighted by atomic mass is 9.98. The highest BCUT2D eigenvalue weighted by molar-refractivity contribution is 7.86. The molecule has 3 aromatic carbocycles. The molecule has 1 saturated heterocycles. The van der Waals surface area contributed by atoms with E-state index in [4.69, 9.17) is 13.3 Å². The lowest BCUT2D eigenvalue weighted by molar-refractivity contribution is -0.168. The van der Waals surface area contributed by atoms with E-state index >= 15 is 0 Å². The minimum absolute atomic E-state index is 0.0491. The van der Waals surface area contributed by atoms with E-state index in [1.165, 1.54) is 19.1 Å². The van der Waals surface area contributed by atoms with Gasteiger partial charge in [-0.2, -0.15) is 8.42 Å². The van der Waals surface area contributed by atoms with Gasteiger partial charge in [0.2, 0.25) is 0 Å². The molecular weight excluding hydrogens is 520 g/mol. The molecule has 3 aromatic rings. The molecule has 0 aromatic heterocycles. The van der Waals surface area contributed by atoms with Crippen LogP contribution in [0.1, 0.15) is 33.3 Å². The van der Waals surface area contributed by atoms with Gasteiger partial charge in [0, 0.05) is 0 Å². The van der Waals surface area contributed by atoms with Crippen LogP contribution in [0.5, 0.6) is 0 Å². The molecule has 7 nitrogen and oxygen atoms in total. The molecule has 1 aliphatic rings. The number of hydrogen-bond acceptors (Lipinski definition) is 7. The Kier molecular flexibility index (Phi) is 8.03. The lowest BCUT2D eigenvalue weighted by Gasteiger charge is -2.43. The summed E-state index contributed by atoms with van der Waals surface area (Å²) in [6.45, 7) is 9.41. The van der Waals surface area contributed by atoms with Crippen LogP contribution in [0.15, 0.2) is 89.8 Å². The maximum atomic E-state index is 13.1. The molecule has 9 heteroatoms. The van der Waals surface area contributed by atoms with Crippen LogP contribution in [-0.2, 0) is 23.5 Å². The zero-order valence-electron chi connectivity index (χ0n) is 22.4. The Balaban J connectivity index is 1.71. The Morgan fingerprint density at radius 3 is 1.89 bits per heavy atom. The summed E-state index contributed by atoms with van der Waals surface area (Å²) in [5, 5.41) is 23.3. The summed E-state index contributed by atoms with van der Waals surface area (Å²) >= 11 is 0. The van der Waals surface area contributed by atoms with E-state index in [0.717, 1.165) is 15.9 Å². The first-order valence-electron chi connectivity index (χ1n) is 12.6. The van der Waals surface area contributed by atoms with Crippen molar-refractivity contribution < 1.29 is 32.0 Å². The molecule has 0 bridgehead atoms. The van der Waals surface area contributed by atoms with Crippen LogP contribution in [0.2, 0.25) is 5.04 Å². The fourth-order valence-corrected chi connectivity index (χ4v) is 10.8. The lowest BCUT2D eigenvalue weighted by Crippen LogP contribution is -2.67. The van der Waals surface area contributed by atoms with Gasteiger partial charge in [-0.3, -0.25) is 4.18 Å². The van der Waals surface area contributed by atoms with Crippen molar-refractivity contribution in [3.05, 3.63) is 90.5 Å². The van der Waals surface area contributed by atoms with Crippen LogP contribution < -0.4 is 10.4 Å². The number of aryl methyl sites for hydroxylation is 1. The molecule has 0 spiro atoms. The van der Waals surface area contributed by atoms with Gasteiger partial charge in [-0.1, -0.05) is 99.1 Å². The van der Waals surface area contributed by atoms with Gasteiger partial charge >= 0.3 is 0 Å². The van der Waals surface area contributed by atoms with Crippen molar-refractivity contribution in [1.29, 1.82) is 0 Å². The largest absolute Gasteiger partial charge is 0.405 e. The van der Waals surface area contributed by atoms with Crippen LogP contribution in [0, 0.1) is 6.92 Å². The van der Waals surface area contributed by atoms with Crippen LogP contribution in [0.25, 0.3) is 0 Å². The van der Waals surface area contributed by atoms with Gasteiger partial charge in [0.1, 0.15) is 17.8 Å². The van der Waals surface area contributed by atoms with Crippen molar-refractivity contribution in [2.24, 2.45) is 0 Å². The second kappa shape index (κ2) is 10.7. The van der Waals surface area contributed by atoms with Gasteiger partial charge in [-0.25, -0.2) is 0 Å². The average molecular weight is 557 g/mol. The predicted molar refractivity (Wildman–Crippen MR) is 148 cm³/mol. The van der Waals surface area contributed by atoms with E-state index < -0.39 is 42.5 Å². The normalized spacial score (nSPS) is 24.4. The number of rotatable bonds is 8. The second-order valence-electron chi connectivity index (χ2n) is 11.0. The highest BCUT2D eigenvalue weighted by atomic mass is 32.2. The third-order valence-corrected chi connectivity index (χ3v) is 13.5. The molecule has 4 atom stereocenters. The summed E-state index contributed by atoms with van der Waals surface area (Å²) in [5.41, 5.74) is -1.09. The van der Waals surface area contributed by atoms with Crippen LogP contribution in [0.4, 0.5) is 0 Å². The molecule has 0 aliphatic carbocycles. The molecule has 2 N–H and O–H groups in total. The summed E-state index contributed by atoms with van der Waals surface area (Å²) in [4.78, 5) is -0.0491. The standard InChI is InChI=1S/C29H36O7SSi/c1-21-16-18-22(19-17-21)37(32,33)36-26-25(35-27(30)29(26,5)31)20-34-38(28(2,3)4,23-12-8-6-9-13-23)24-14-10-7-11-15-24/h6-19,25-27,30-31H,20H2,1-5H3/t25-,26+,27?,29+/m0/s1. The molecule has 1 heterocycles. The first kappa shape index (κ1) is 28.6. The molecule has 0 radical (unpaired) electrons. The van der Waals surface area contributed by atoms with E-state index in [0.29, 0.717) is 0 Å². The van der Waals surface area contributed by atoms with Crippen LogP contribution in [-0.4, -0.2) is 57.7 Å². The summed E-state index contributed by atoms with van der Waals surface area (Å²) in [6, 6.07) is 26.2. The maximum Gasteiger partial charge on any atom is 0.297 e. The number of ether oxygens (including phenoxy) is 1. The Morgan fingerprint density at radius 1 is 0.921 bits per heavy atom. The zero-order valence-corrected chi connectivity index (χ0v) is 24.2. The number of aliphatic hydroxyl groups is 2. The van der Waals surface area contributed by atoms with Gasteiger partial charge in [0.25, 0.3) is 18.4 Å². The Bertz CT molecular complexity index is 1280. The highest BCUT2D eigenvalue weighted by Crippen LogP contribution is 2.39. The molecule has 1 aliphatic heterocycles.